The number of rotatable bonds is 0. The van der Waals surface area contributed by atoms with Crippen LogP contribution < -0.4 is 5.32 Å². The summed E-state index contributed by atoms with van der Waals surface area (Å²) in [5, 5.41) is 3.37. The van der Waals surface area contributed by atoms with Gasteiger partial charge in [0.25, 0.3) is 0 Å². The van der Waals surface area contributed by atoms with Gasteiger partial charge in [0, 0.05) is 0 Å². The van der Waals surface area contributed by atoms with E-state index in [0.29, 0.717) is 23.2 Å². The average molecular weight is 329 g/mol. The summed E-state index contributed by atoms with van der Waals surface area (Å²) in [5.74, 6) is 4.08. The van der Waals surface area contributed by atoms with E-state index < -0.39 is 0 Å². The van der Waals surface area contributed by atoms with Gasteiger partial charge in [0.15, 0.2) is 0 Å². The lowest BCUT2D eigenvalue weighted by Gasteiger charge is -2.64. The quantitative estimate of drug-likeness (QED) is 0.663. The molecule has 3 nitrogen and oxygen atoms in total. The Morgan fingerprint density at radius 3 is 2.83 bits per heavy atom. The lowest BCUT2D eigenvalue weighted by molar-refractivity contribution is -0.100. The second-order valence-electron chi connectivity index (χ2n) is 10.3. The van der Waals surface area contributed by atoms with E-state index in [2.05, 4.69) is 39.1 Å². The molecule has 3 saturated carbocycles. The molecule has 24 heavy (non-hydrogen) atoms. The largest absolute Gasteiger partial charge is 0.439 e. The Bertz CT molecular complexity index is 623. The number of hydrogen-bond acceptors (Lipinski definition) is 2. The normalized spacial score (nSPS) is 54.1. The predicted molar refractivity (Wildman–Crippen MR) is 93.4 cm³/mol. The van der Waals surface area contributed by atoms with E-state index in [1.807, 2.05) is 0 Å². The molecule has 4 unspecified atom stereocenters. The Balaban J connectivity index is 1.69. The van der Waals surface area contributed by atoms with Crippen molar-refractivity contribution in [2.45, 2.75) is 71.4 Å². The molecular formula is C21H31NO2. The standard InChI is InChI=1S/C21H31NO2/c1-11-7-13-9-20(3,4)10-14-8-16-21(22-19(23)24-16)12(2)5-6-15(11)18(21)17(13)14/h8,11-13,15-18H,5-7,9-10H2,1-4H3,(H,22,23)/t11-,12?,13-,15?,16?,17+,18-,21?/m0/s1. The van der Waals surface area contributed by atoms with Gasteiger partial charge in [-0.05, 0) is 79.1 Å². The summed E-state index contributed by atoms with van der Waals surface area (Å²) in [6.07, 6.45) is 8.60. The fourth-order valence-corrected chi connectivity index (χ4v) is 7.74. The van der Waals surface area contributed by atoms with Gasteiger partial charge < -0.3 is 10.1 Å². The Hall–Kier alpha value is -0.990. The van der Waals surface area contributed by atoms with Crippen LogP contribution in [0.2, 0.25) is 0 Å². The van der Waals surface area contributed by atoms with Crippen LogP contribution >= 0.6 is 0 Å². The van der Waals surface area contributed by atoms with Crippen LogP contribution in [-0.2, 0) is 4.74 Å². The molecule has 132 valence electrons. The zero-order valence-electron chi connectivity index (χ0n) is 15.5. The molecule has 0 radical (unpaired) electrons. The lowest BCUT2D eigenvalue weighted by atomic mass is 9.42. The van der Waals surface area contributed by atoms with Gasteiger partial charge >= 0.3 is 6.09 Å². The van der Waals surface area contributed by atoms with Crippen molar-refractivity contribution in [3.63, 3.8) is 0 Å². The van der Waals surface area contributed by atoms with Gasteiger partial charge in [0.2, 0.25) is 0 Å². The minimum Gasteiger partial charge on any atom is -0.439 e. The second-order valence-corrected chi connectivity index (χ2v) is 10.3. The van der Waals surface area contributed by atoms with E-state index in [0.717, 1.165) is 17.8 Å². The summed E-state index contributed by atoms with van der Waals surface area (Å²) in [6.45, 7) is 9.66. The first-order valence-corrected chi connectivity index (χ1v) is 10.0. The molecule has 1 amide bonds. The summed E-state index contributed by atoms with van der Waals surface area (Å²) in [4.78, 5) is 12.3. The van der Waals surface area contributed by atoms with Crippen molar-refractivity contribution < 1.29 is 9.53 Å². The molecule has 1 heterocycles. The van der Waals surface area contributed by atoms with Gasteiger partial charge in [-0.2, -0.15) is 0 Å². The molecule has 4 aliphatic carbocycles. The number of alkyl carbamates (subject to hydrolysis) is 1. The molecule has 1 N–H and O–H groups in total. The molecule has 0 aromatic rings. The molecule has 5 aliphatic rings. The van der Waals surface area contributed by atoms with Gasteiger partial charge in [0.05, 0.1) is 5.54 Å². The molecule has 0 aromatic heterocycles. The third-order valence-corrected chi connectivity index (χ3v) is 8.38. The Kier molecular flexibility index (Phi) is 2.92. The zero-order valence-corrected chi connectivity index (χ0v) is 15.5. The van der Waals surface area contributed by atoms with E-state index >= 15 is 0 Å². The van der Waals surface area contributed by atoms with Crippen LogP contribution in [0.5, 0.6) is 0 Å². The maximum absolute atomic E-state index is 12.3. The number of amides is 1. The topological polar surface area (TPSA) is 38.3 Å². The number of carbonyl (C=O) groups is 1. The summed E-state index contributed by atoms with van der Waals surface area (Å²) < 4.78 is 5.83. The highest BCUT2D eigenvalue weighted by Crippen LogP contribution is 2.65. The van der Waals surface area contributed by atoms with Crippen molar-refractivity contribution in [2.24, 2.45) is 40.9 Å². The molecule has 0 bridgehead atoms. The van der Waals surface area contributed by atoms with Crippen molar-refractivity contribution in [3.05, 3.63) is 11.6 Å². The highest BCUT2D eigenvalue weighted by Gasteiger charge is 2.67. The van der Waals surface area contributed by atoms with Gasteiger partial charge in [-0.3, -0.25) is 0 Å². The minimum atomic E-state index is -0.183. The molecule has 3 heteroatoms. The first-order chi connectivity index (χ1) is 11.3. The van der Waals surface area contributed by atoms with Crippen molar-refractivity contribution in [2.75, 3.05) is 0 Å². The van der Waals surface area contributed by atoms with E-state index in [1.54, 1.807) is 5.57 Å². The van der Waals surface area contributed by atoms with E-state index in [-0.39, 0.29) is 17.7 Å². The minimum absolute atomic E-state index is 0.0427. The van der Waals surface area contributed by atoms with E-state index in [1.165, 1.54) is 32.1 Å². The summed E-state index contributed by atoms with van der Waals surface area (Å²) in [7, 11) is 0. The number of nitrogens with one attached hydrogen (secondary N) is 1. The maximum Gasteiger partial charge on any atom is 0.408 e. The SMILES string of the molecule is CC1CCC2[C@@H](C)C[C@H]3CC(C)(C)CC4=CC5OC(=O)NC15[C@@H]2[C@@H]43. The van der Waals surface area contributed by atoms with Gasteiger partial charge in [0.1, 0.15) is 6.10 Å². The molecular weight excluding hydrogens is 298 g/mol. The molecule has 4 fully saturated rings. The van der Waals surface area contributed by atoms with Crippen LogP contribution in [0, 0.1) is 40.9 Å². The average Bonchev–Trinajstić information content (AvgIpc) is 2.80. The van der Waals surface area contributed by atoms with Crippen molar-refractivity contribution in [3.8, 4) is 0 Å². The Morgan fingerprint density at radius 1 is 1.25 bits per heavy atom. The van der Waals surface area contributed by atoms with Crippen LogP contribution in [0.25, 0.3) is 0 Å². The van der Waals surface area contributed by atoms with Gasteiger partial charge in [-0.15, -0.1) is 0 Å². The third kappa shape index (κ3) is 1.77. The third-order valence-electron chi connectivity index (χ3n) is 8.38. The van der Waals surface area contributed by atoms with Crippen LogP contribution in [0.4, 0.5) is 4.79 Å². The number of ether oxygens (including phenoxy) is 1. The van der Waals surface area contributed by atoms with E-state index in [4.69, 9.17) is 4.74 Å². The first-order valence-electron chi connectivity index (χ1n) is 10.0. The summed E-state index contributed by atoms with van der Waals surface area (Å²) >= 11 is 0. The highest BCUT2D eigenvalue weighted by molar-refractivity contribution is 5.73. The maximum atomic E-state index is 12.3. The fourth-order valence-electron chi connectivity index (χ4n) is 7.74. The summed E-state index contributed by atoms with van der Waals surface area (Å²) in [6, 6.07) is 0. The van der Waals surface area contributed by atoms with Crippen LogP contribution in [0.15, 0.2) is 11.6 Å². The molecule has 1 saturated heterocycles. The second kappa shape index (κ2) is 4.59. The number of carbonyl (C=O) groups excluding carboxylic acids is 1. The Morgan fingerprint density at radius 2 is 2.04 bits per heavy atom. The fraction of sp³-hybridized carbons (Fsp3) is 0.857. The molecule has 5 rings (SSSR count). The van der Waals surface area contributed by atoms with Crippen LogP contribution in [-0.4, -0.2) is 17.7 Å². The van der Waals surface area contributed by atoms with Gasteiger partial charge in [-0.25, -0.2) is 4.79 Å². The predicted octanol–water partition coefficient (Wildman–Crippen LogP) is 4.53. The highest BCUT2D eigenvalue weighted by atomic mass is 16.6. The number of hydrogen-bond donors (Lipinski definition) is 1. The van der Waals surface area contributed by atoms with Crippen molar-refractivity contribution in [1.29, 1.82) is 0 Å². The van der Waals surface area contributed by atoms with E-state index in [9.17, 15) is 4.79 Å². The monoisotopic (exact) mass is 329 g/mol. The Labute approximate surface area is 145 Å². The van der Waals surface area contributed by atoms with Crippen LogP contribution in [0.1, 0.15) is 59.8 Å². The number of allylic oxidation sites excluding steroid dienone is 1. The lowest BCUT2D eigenvalue weighted by Crippen LogP contribution is -2.69. The van der Waals surface area contributed by atoms with Crippen molar-refractivity contribution >= 4 is 6.09 Å². The smallest absolute Gasteiger partial charge is 0.408 e. The zero-order chi connectivity index (χ0) is 16.9. The molecule has 8 atom stereocenters. The van der Waals surface area contributed by atoms with Crippen LogP contribution in [0.3, 0.4) is 0 Å². The molecule has 1 aliphatic heterocycles. The summed E-state index contributed by atoms with van der Waals surface area (Å²) in [5.41, 5.74) is 1.86. The first kappa shape index (κ1) is 15.3. The van der Waals surface area contributed by atoms with Gasteiger partial charge in [-0.1, -0.05) is 33.3 Å². The molecule has 0 aromatic carbocycles. The molecule has 1 spiro atoms. The van der Waals surface area contributed by atoms with Crippen molar-refractivity contribution in [1.82, 2.24) is 5.32 Å².